The third-order valence-electron chi connectivity index (χ3n) is 1.46. The van der Waals surface area contributed by atoms with Gasteiger partial charge >= 0.3 is 0 Å². The van der Waals surface area contributed by atoms with Crippen molar-refractivity contribution in [3.05, 3.63) is 23.8 Å². The maximum absolute atomic E-state index is 12.2. The van der Waals surface area contributed by atoms with E-state index in [-0.39, 0.29) is 0 Å². The first kappa shape index (κ1) is 7.85. The molecule has 0 amide bonds. The molecule has 0 aliphatic rings. The predicted molar refractivity (Wildman–Crippen MR) is 42.2 cm³/mol. The highest BCUT2D eigenvalue weighted by atomic mass is 19.1. The molecule has 0 saturated carbocycles. The van der Waals surface area contributed by atoms with Gasteiger partial charge in [0.25, 0.3) is 0 Å². The van der Waals surface area contributed by atoms with Gasteiger partial charge in [-0.1, -0.05) is 6.07 Å². The number of halogens is 1. The summed E-state index contributed by atoms with van der Waals surface area (Å²) >= 11 is 0. The third-order valence-corrected chi connectivity index (χ3v) is 1.46. The number of benzene rings is 1. The second-order valence-corrected chi connectivity index (χ2v) is 2.20. The van der Waals surface area contributed by atoms with E-state index in [9.17, 15) is 4.39 Å². The van der Waals surface area contributed by atoms with Gasteiger partial charge in [0.15, 0.2) is 0 Å². The first-order valence-electron chi connectivity index (χ1n) is 3.26. The molecule has 0 aliphatic carbocycles. The number of ether oxygens (including phenoxy) is 1. The number of nitrogen functional groups attached to an aromatic ring is 1. The molecule has 1 aromatic carbocycles. The number of hydrogen-bond acceptors (Lipinski definition) is 2. The highest BCUT2D eigenvalue weighted by Gasteiger charge is 2.01. The Morgan fingerprint density at radius 2 is 2.27 bits per heavy atom. The Morgan fingerprint density at radius 1 is 1.55 bits per heavy atom. The SMILES string of the molecule is COc1cc(N)ccc1CF. The van der Waals surface area contributed by atoms with Crippen LogP contribution in [0.5, 0.6) is 5.75 Å². The topological polar surface area (TPSA) is 35.2 Å². The molecule has 0 heterocycles. The van der Waals surface area contributed by atoms with Gasteiger partial charge < -0.3 is 10.5 Å². The summed E-state index contributed by atoms with van der Waals surface area (Å²) in [5.74, 6) is 0.507. The highest BCUT2D eigenvalue weighted by Crippen LogP contribution is 2.21. The second kappa shape index (κ2) is 3.23. The molecule has 0 fully saturated rings. The summed E-state index contributed by atoms with van der Waals surface area (Å²) < 4.78 is 17.1. The average Bonchev–Trinajstić information content (AvgIpc) is 2.04. The van der Waals surface area contributed by atoms with Gasteiger partial charge in [-0.15, -0.1) is 0 Å². The summed E-state index contributed by atoms with van der Waals surface area (Å²) in [5.41, 5.74) is 6.57. The molecule has 0 aliphatic heterocycles. The fourth-order valence-electron chi connectivity index (χ4n) is 0.872. The summed E-state index contributed by atoms with van der Waals surface area (Å²) in [6.45, 7) is -0.524. The van der Waals surface area contributed by atoms with Gasteiger partial charge in [-0.25, -0.2) is 4.39 Å². The molecule has 0 unspecified atom stereocenters. The van der Waals surface area contributed by atoms with Crippen molar-refractivity contribution in [3.8, 4) is 5.75 Å². The van der Waals surface area contributed by atoms with Crippen LogP contribution in [-0.4, -0.2) is 7.11 Å². The summed E-state index contributed by atoms with van der Waals surface area (Å²) in [5, 5.41) is 0. The van der Waals surface area contributed by atoms with Crippen LogP contribution >= 0.6 is 0 Å². The lowest BCUT2D eigenvalue weighted by atomic mass is 10.2. The van der Waals surface area contributed by atoms with Crippen molar-refractivity contribution >= 4 is 5.69 Å². The number of rotatable bonds is 2. The largest absolute Gasteiger partial charge is 0.496 e. The van der Waals surface area contributed by atoms with Gasteiger partial charge in [0.1, 0.15) is 12.4 Å². The van der Waals surface area contributed by atoms with E-state index < -0.39 is 6.67 Å². The van der Waals surface area contributed by atoms with Gasteiger partial charge in [-0.05, 0) is 6.07 Å². The Hall–Kier alpha value is -1.25. The van der Waals surface area contributed by atoms with Crippen molar-refractivity contribution < 1.29 is 9.13 Å². The Kier molecular flexibility index (Phi) is 2.31. The van der Waals surface area contributed by atoms with E-state index in [0.717, 1.165) is 0 Å². The van der Waals surface area contributed by atoms with E-state index in [2.05, 4.69) is 0 Å². The van der Waals surface area contributed by atoms with Gasteiger partial charge in [0.2, 0.25) is 0 Å². The monoisotopic (exact) mass is 155 g/mol. The van der Waals surface area contributed by atoms with Crippen LogP contribution < -0.4 is 10.5 Å². The molecule has 3 heteroatoms. The minimum absolute atomic E-state index is 0.507. The minimum Gasteiger partial charge on any atom is -0.496 e. The summed E-state index contributed by atoms with van der Waals surface area (Å²) in [7, 11) is 1.49. The quantitative estimate of drug-likeness (QED) is 0.660. The molecule has 0 radical (unpaired) electrons. The zero-order chi connectivity index (χ0) is 8.27. The van der Waals surface area contributed by atoms with E-state index >= 15 is 0 Å². The zero-order valence-electron chi connectivity index (χ0n) is 6.30. The maximum Gasteiger partial charge on any atom is 0.126 e. The van der Waals surface area contributed by atoms with Gasteiger partial charge in [0, 0.05) is 17.3 Å². The van der Waals surface area contributed by atoms with Crippen LogP contribution in [0.1, 0.15) is 5.56 Å². The molecule has 2 N–H and O–H groups in total. The smallest absolute Gasteiger partial charge is 0.126 e. The number of nitrogens with two attached hydrogens (primary N) is 1. The molecular formula is C8H10FNO. The molecule has 2 nitrogen and oxygen atoms in total. The van der Waals surface area contributed by atoms with Crippen LogP contribution in [-0.2, 0) is 6.67 Å². The van der Waals surface area contributed by atoms with Gasteiger partial charge in [-0.2, -0.15) is 0 Å². The van der Waals surface area contributed by atoms with Crippen LogP contribution in [0.4, 0.5) is 10.1 Å². The maximum atomic E-state index is 12.2. The molecular weight excluding hydrogens is 145 g/mol. The molecule has 11 heavy (non-hydrogen) atoms. The first-order valence-corrected chi connectivity index (χ1v) is 3.26. The van der Waals surface area contributed by atoms with Gasteiger partial charge in [-0.3, -0.25) is 0 Å². The average molecular weight is 155 g/mol. The number of methoxy groups -OCH3 is 1. The van der Waals surface area contributed by atoms with Crippen LogP contribution in [0.25, 0.3) is 0 Å². The molecule has 0 aromatic heterocycles. The van der Waals surface area contributed by atoms with E-state index in [4.69, 9.17) is 10.5 Å². The third kappa shape index (κ3) is 1.61. The van der Waals surface area contributed by atoms with Crippen LogP contribution in [0.2, 0.25) is 0 Å². The normalized spacial score (nSPS) is 9.64. The minimum atomic E-state index is -0.524. The van der Waals surface area contributed by atoms with Crippen LogP contribution in [0.15, 0.2) is 18.2 Å². The Bertz CT molecular complexity index is 250. The summed E-state index contributed by atoms with van der Waals surface area (Å²) in [4.78, 5) is 0. The van der Waals surface area contributed by atoms with E-state index in [1.165, 1.54) is 7.11 Å². The summed E-state index contributed by atoms with van der Waals surface area (Å²) in [6, 6.07) is 4.88. The standard InChI is InChI=1S/C8H10FNO/c1-11-8-4-7(10)3-2-6(8)5-9/h2-4H,5,10H2,1H3. The van der Waals surface area contributed by atoms with E-state index in [1.807, 2.05) is 0 Å². The molecule has 1 aromatic rings. The van der Waals surface area contributed by atoms with Crippen molar-refractivity contribution in [3.63, 3.8) is 0 Å². The fourth-order valence-corrected chi connectivity index (χ4v) is 0.872. The van der Waals surface area contributed by atoms with Crippen molar-refractivity contribution in [2.45, 2.75) is 6.67 Å². The molecule has 0 atom stereocenters. The lowest BCUT2D eigenvalue weighted by Crippen LogP contribution is -1.92. The number of anilines is 1. The van der Waals surface area contributed by atoms with Crippen LogP contribution in [0.3, 0.4) is 0 Å². The number of hydrogen-bond donors (Lipinski definition) is 1. The number of alkyl halides is 1. The molecule has 0 spiro atoms. The molecule has 0 saturated heterocycles. The van der Waals surface area contributed by atoms with Crippen molar-refractivity contribution in [1.29, 1.82) is 0 Å². The van der Waals surface area contributed by atoms with Crippen molar-refractivity contribution in [2.75, 3.05) is 12.8 Å². The van der Waals surface area contributed by atoms with E-state index in [0.29, 0.717) is 17.0 Å². The highest BCUT2D eigenvalue weighted by molar-refractivity contribution is 5.48. The van der Waals surface area contributed by atoms with Crippen molar-refractivity contribution in [1.82, 2.24) is 0 Å². The lowest BCUT2D eigenvalue weighted by molar-refractivity contribution is 0.394. The fraction of sp³-hybridized carbons (Fsp3) is 0.250. The van der Waals surface area contributed by atoms with Crippen LogP contribution in [0, 0.1) is 0 Å². The van der Waals surface area contributed by atoms with Crippen molar-refractivity contribution in [2.24, 2.45) is 0 Å². The zero-order valence-corrected chi connectivity index (χ0v) is 6.30. The second-order valence-electron chi connectivity index (χ2n) is 2.20. The Labute approximate surface area is 64.8 Å². The summed E-state index contributed by atoms with van der Waals surface area (Å²) in [6.07, 6.45) is 0. The lowest BCUT2D eigenvalue weighted by Gasteiger charge is -2.04. The van der Waals surface area contributed by atoms with Gasteiger partial charge in [0.05, 0.1) is 7.11 Å². The van der Waals surface area contributed by atoms with E-state index in [1.54, 1.807) is 18.2 Å². The molecule has 0 bridgehead atoms. The predicted octanol–water partition coefficient (Wildman–Crippen LogP) is 1.75. The molecule has 1 rings (SSSR count). The first-order chi connectivity index (χ1) is 5.27. The Morgan fingerprint density at radius 3 is 2.82 bits per heavy atom. The molecule has 60 valence electrons. The Balaban J connectivity index is 3.06.